The van der Waals surface area contributed by atoms with E-state index in [4.69, 9.17) is 5.11 Å². The van der Waals surface area contributed by atoms with E-state index in [0.29, 0.717) is 12.1 Å². The molecule has 0 bridgehead atoms. The first-order chi connectivity index (χ1) is 8.65. The maximum absolute atomic E-state index is 11.6. The Balaban J connectivity index is 1.97. The van der Waals surface area contributed by atoms with E-state index in [1.165, 1.54) is 29.7 Å². The van der Waals surface area contributed by atoms with Crippen LogP contribution >= 0.6 is 11.3 Å². The second-order valence-corrected chi connectivity index (χ2v) is 4.37. The Labute approximate surface area is 107 Å². The van der Waals surface area contributed by atoms with Gasteiger partial charge in [-0.05, 0) is 34.5 Å². The summed E-state index contributed by atoms with van der Waals surface area (Å²) in [6.07, 6.45) is 1.62. The minimum atomic E-state index is -1.09. The van der Waals surface area contributed by atoms with Crippen molar-refractivity contribution in [2.24, 2.45) is 0 Å². The molecule has 18 heavy (non-hydrogen) atoms. The zero-order valence-corrected chi connectivity index (χ0v) is 10.1. The van der Waals surface area contributed by atoms with Gasteiger partial charge >= 0.3 is 5.97 Å². The lowest BCUT2D eigenvalue weighted by Crippen LogP contribution is -2.14. The molecule has 6 heteroatoms. The number of hydrogen-bond donors (Lipinski definition) is 2. The SMILES string of the molecule is O=C(Cc1ccsc1)Nc1ccc(C(=O)O)nc1. The van der Waals surface area contributed by atoms with Gasteiger partial charge in [0, 0.05) is 0 Å². The summed E-state index contributed by atoms with van der Waals surface area (Å²) >= 11 is 1.54. The molecule has 0 saturated carbocycles. The molecule has 2 heterocycles. The average molecular weight is 262 g/mol. The fourth-order valence-electron chi connectivity index (χ4n) is 1.38. The predicted octanol–water partition coefficient (Wildman–Crippen LogP) is 2.02. The molecular formula is C12H10N2O3S. The van der Waals surface area contributed by atoms with Gasteiger partial charge in [0.25, 0.3) is 0 Å². The summed E-state index contributed by atoms with van der Waals surface area (Å²) in [7, 11) is 0. The second-order valence-electron chi connectivity index (χ2n) is 3.59. The quantitative estimate of drug-likeness (QED) is 0.883. The third-order valence-electron chi connectivity index (χ3n) is 2.21. The van der Waals surface area contributed by atoms with Gasteiger partial charge in [-0.25, -0.2) is 9.78 Å². The van der Waals surface area contributed by atoms with Crippen molar-refractivity contribution in [1.82, 2.24) is 4.98 Å². The third-order valence-corrected chi connectivity index (χ3v) is 2.94. The molecule has 0 aliphatic carbocycles. The lowest BCUT2D eigenvalue weighted by atomic mass is 10.2. The van der Waals surface area contributed by atoms with Gasteiger partial charge in [0.05, 0.1) is 18.3 Å². The molecule has 2 aromatic rings. The van der Waals surface area contributed by atoms with Crippen LogP contribution in [-0.4, -0.2) is 22.0 Å². The molecule has 0 saturated heterocycles. The van der Waals surface area contributed by atoms with E-state index in [1.54, 1.807) is 0 Å². The lowest BCUT2D eigenvalue weighted by molar-refractivity contribution is -0.115. The summed E-state index contributed by atoms with van der Waals surface area (Å²) < 4.78 is 0. The molecule has 1 amide bonds. The van der Waals surface area contributed by atoms with E-state index < -0.39 is 5.97 Å². The van der Waals surface area contributed by atoms with Crippen molar-refractivity contribution in [3.05, 3.63) is 46.4 Å². The first-order valence-electron chi connectivity index (χ1n) is 5.15. The second kappa shape index (κ2) is 5.42. The van der Waals surface area contributed by atoms with Crippen LogP contribution in [0.25, 0.3) is 0 Å². The van der Waals surface area contributed by atoms with Crippen LogP contribution in [0, 0.1) is 0 Å². The molecule has 0 aromatic carbocycles. The molecule has 0 atom stereocenters. The Morgan fingerprint density at radius 2 is 2.17 bits per heavy atom. The summed E-state index contributed by atoms with van der Waals surface area (Å²) in [5.41, 5.74) is 1.39. The maximum Gasteiger partial charge on any atom is 0.354 e. The highest BCUT2D eigenvalue weighted by atomic mass is 32.1. The van der Waals surface area contributed by atoms with Crippen molar-refractivity contribution in [3.63, 3.8) is 0 Å². The number of thiophene rings is 1. The van der Waals surface area contributed by atoms with Crippen LogP contribution in [0.3, 0.4) is 0 Å². The lowest BCUT2D eigenvalue weighted by Gasteiger charge is -2.04. The fourth-order valence-corrected chi connectivity index (χ4v) is 2.05. The zero-order chi connectivity index (χ0) is 13.0. The van der Waals surface area contributed by atoms with Crippen LogP contribution < -0.4 is 5.32 Å². The van der Waals surface area contributed by atoms with Gasteiger partial charge in [-0.1, -0.05) is 0 Å². The Morgan fingerprint density at radius 1 is 1.33 bits per heavy atom. The molecule has 5 nitrogen and oxygen atoms in total. The van der Waals surface area contributed by atoms with Crippen LogP contribution in [0.1, 0.15) is 16.1 Å². The molecule has 2 aromatic heterocycles. The first-order valence-corrected chi connectivity index (χ1v) is 6.10. The van der Waals surface area contributed by atoms with Crippen molar-refractivity contribution < 1.29 is 14.7 Å². The number of amides is 1. The number of nitrogens with one attached hydrogen (secondary N) is 1. The van der Waals surface area contributed by atoms with Crippen molar-refractivity contribution >= 4 is 28.9 Å². The largest absolute Gasteiger partial charge is 0.477 e. The molecule has 0 unspecified atom stereocenters. The average Bonchev–Trinajstić information content (AvgIpc) is 2.82. The van der Waals surface area contributed by atoms with Crippen LogP contribution in [0.2, 0.25) is 0 Å². The number of anilines is 1. The highest BCUT2D eigenvalue weighted by Crippen LogP contribution is 2.10. The molecule has 2 rings (SSSR count). The first kappa shape index (κ1) is 12.3. The van der Waals surface area contributed by atoms with Crippen molar-refractivity contribution in [1.29, 1.82) is 0 Å². The maximum atomic E-state index is 11.6. The van der Waals surface area contributed by atoms with Crippen LogP contribution in [-0.2, 0) is 11.2 Å². The van der Waals surface area contributed by atoms with Gasteiger partial charge in [0.2, 0.25) is 5.91 Å². The van der Waals surface area contributed by atoms with Gasteiger partial charge < -0.3 is 10.4 Å². The summed E-state index contributed by atoms with van der Waals surface area (Å²) in [6.45, 7) is 0. The summed E-state index contributed by atoms with van der Waals surface area (Å²) in [5, 5.41) is 15.2. The number of pyridine rings is 1. The van der Waals surface area contributed by atoms with Gasteiger partial charge in [-0.15, -0.1) is 0 Å². The van der Waals surface area contributed by atoms with Gasteiger partial charge in [-0.2, -0.15) is 11.3 Å². The molecule has 92 valence electrons. The number of aromatic nitrogens is 1. The smallest absolute Gasteiger partial charge is 0.354 e. The number of carbonyl (C=O) groups excluding carboxylic acids is 1. The molecular weight excluding hydrogens is 252 g/mol. The molecule has 0 fully saturated rings. The van der Waals surface area contributed by atoms with Gasteiger partial charge in [0.15, 0.2) is 0 Å². The number of rotatable bonds is 4. The van der Waals surface area contributed by atoms with Crippen LogP contribution in [0.15, 0.2) is 35.2 Å². The van der Waals surface area contributed by atoms with E-state index in [0.717, 1.165) is 5.56 Å². The Bertz CT molecular complexity index is 549. The molecule has 0 radical (unpaired) electrons. The predicted molar refractivity (Wildman–Crippen MR) is 67.8 cm³/mol. The minimum Gasteiger partial charge on any atom is -0.477 e. The van der Waals surface area contributed by atoms with E-state index in [1.807, 2.05) is 16.8 Å². The normalized spacial score (nSPS) is 10.0. The van der Waals surface area contributed by atoms with E-state index in [9.17, 15) is 9.59 Å². The number of nitrogens with zero attached hydrogens (tertiary/aromatic N) is 1. The van der Waals surface area contributed by atoms with E-state index in [-0.39, 0.29) is 11.6 Å². The monoisotopic (exact) mass is 262 g/mol. The number of aromatic carboxylic acids is 1. The fraction of sp³-hybridized carbons (Fsp3) is 0.0833. The van der Waals surface area contributed by atoms with Crippen LogP contribution in [0.4, 0.5) is 5.69 Å². The van der Waals surface area contributed by atoms with Crippen molar-refractivity contribution in [2.45, 2.75) is 6.42 Å². The number of carbonyl (C=O) groups is 2. The zero-order valence-electron chi connectivity index (χ0n) is 9.29. The standard InChI is InChI=1S/C12H10N2O3S/c15-11(5-8-3-4-18-7-8)14-9-1-2-10(12(16)17)13-6-9/h1-4,6-7H,5H2,(H,14,15)(H,16,17). The van der Waals surface area contributed by atoms with E-state index in [2.05, 4.69) is 10.3 Å². The molecule has 0 aliphatic heterocycles. The van der Waals surface area contributed by atoms with E-state index >= 15 is 0 Å². The molecule has 0 aliphatic rings. The summed E-state index contributed by atoms with van der Waals surface area (Å²) in [4.78, 5) is 26.0. The number of carboxylic acids is 1. The van der Waals surface area contributed by atoms with Crippen molar-refractivity contribution in [3.8, 4) is 0 Å². The van der Waals surface area contributed by atoms with Gasteiger partial charge in [-0.3, -0.25) is 4.79 Å². The topological polar surface area (TPSA) is 79.3 Å². The third kappa shape index (κ3) is 3.14. The highest BCUT2D eigenvalue weighted by molar-refractivity contribution is 7.08. The highest BCUT2D eigenvalue weighted by Gasteiger charge is 2.07. The minimum absolute atomic E-state index is 0.0502. The number of hydrogen-bond acceptors (Lipinski definition) is 4. The Hall–Kier alpha value is -2.21. The Kier molecular flexibility index (Phi) is 3.69. The molecule has 2 N–H and O–H groups in total. The van der Waals surface area contributed by atoms with Gasteiger partial charge in [0.1, 0.15) is 5.69 Å². The molecule has 0 spiro atoms. The number of carboxylic acid groups (broad SMARTS) is 1. The Morgan fingerprint density at radius 3 is 2.72 bits per heavy atom. The summed E-state index contributed by atoms with van der Waals surface area (Å²) in [6, 6.07) is 4.75. The summed E-state index contributed by atoms with van der Waals surface area (Å²) in [5.74, 6) is -1.25. The van der Waals surface area contributed by atoms with Crippen molar-refractivity contribution in [2.75, 3.05) is 5.32 Å². The van der Waals surface area contributed by atoms with Crippen LogP contribution in [0.5, 0.6) is 0 Å².